The lowest BCUT2D eigenvalue weighted by molar-refractivity contribution is -0.116. The van der Waals surface area contributed by atoms with Gasteiger partial charge in [0.1, 0.15) is 4.90 Å². The van der Waals surface area contributed by atoms with Crippen LogP contribution in [-0.4, -0.2) is 41.5 Å². The predicted octanol–water partition coefficient (Wildman–Crippen LogP) is 3.01. The van der Waals surface area contributed by atoms with Crippen molar-refractivity contribution in [3.05, 3.63) is 41.2 Å². The molecule has 28 heavy (non-hydrogen) atoms. The van der Waals surface area contributed by atoms with Gasteiger partial charge in [-0.25, -0.2) is 8.42 Å². The van der Waals surface area contributed by atoms with E-state index in [0.717, 1.165) is 30.5 Å². The Morgan fingerprint density at radius 1 is 1.14 bits per heavy atom. The summed E-state index contributed by atoms with van der Waals surface area (Å²) >= 11 is 0. The fourth-order valence-corrected chi connectivity index (χ4v) is 5.55. The Morgan fingerprint density at radius 2 is 1.86 bits per heavy atom. The Hall–Kier alpha value is -2.19. The van der Waals surface area contributed by atoms with E-state index in [4.69, 9.17) is 0 Å². The van der Waals surface area contributed by atoms with Crippen LogP contribution in [0.15, 0.2) is 29.2 Å². The largest absolute Gasteiger partial charge is 0.326 e. The van der Waals surface area contributed by atoms with Crippen LogP contribution in [0.4, 0.5) is 5.69 Å². The van der Waals surface area contributed by atoms with Gasteiger partial charge in [-0.2, -0.15) is 9.40 Å². The predicted molar refractivity (Wildman–Crippen MR) is 109 cm³/mol. The molecule has 0 unspecified atom stereocenters. The molecule has 152 valence electrons. The minimum Gasteiger partial charge on any atom is -0.326 e. The van der Waals surface area contributed by atoms with Crippen LogP contribution < -0.4 is 5.32 Å². The molecule has 1 aliphatic heterocycles. The standard InChI is InChI=1S/C20H28N4O3S/c1-15-8-7-9-18(14-15)21-19(25)10-13-24-17(3)20(16(2)22-24)28(26,27)23-11-5-4-6-12-23/h7-9,14H,4-6,10-13H2,1-3H3,(H,21,25). The summed E-state index contributed by atoms with van der Waals surface area (Å²) in [5.74, 6) is -0.126. The Labute approximate surface area is 166 Å². The van der Waals surface area contributed by atoms with Crippen LogP contribution in [0.5, 0.6) is 0 Å². The van der Waals surface area contributed by atoms with E-state index in [1.807, 2.05) is 31.2 Å². The molecule has 0 spiro atoms. The number of nitrogens with zero attached hydrogens (tertiary/aromatic N) is 3. The minimum absolute atomic E-state index is 0.126. The van der Waals surface area contributed by atoms with Crippen LogP contribution in [0.25, 0.3) is 0 Å². The minimum atomic E-state index is -3.54. The van der Waals surface area contributed by atoms with E-state index in [2.05, 4.69) is 10.4 Å². The zero-order valence-electron chi connectivity index (χ0n) is 16.7. The number of sulfonamides is 1. The molecule has 1 aromatic heterocycles. The maximum atomic E-state index is 13.0. The Balaban J connectivity index is 1.70. The quantitative estimate of drug-likeness (QED) is 0.802. The normalized spacial score (nSPS) is 15.5. The molecule has 2 aromatic rings. The second-order valence-corrected chi connectivity index (χ2v) is 9.23. The molecule has 0 aliphatic carbocycles. The second-order valence-electron chi connectivity index (χ2n) is 7.36. The fourth-order valence-electron chi connectivity index (χ4n) is 3.66. The van der Waals surface area contributed by atoms with Gasteiger partial charge in [-0.05, 0) is 51.3 Å². The second kappa shape index (κ2) is 8.45. The average molecular weight is 405 g/mol. The van der Waals surface area contributed by atoms with Crippen LogP contribution in [0.2, 0.25) is 0 Å². The Bertz CT molecular complexity index is 960. The number of carbonyl (C=O) groups is 1. The van der Waals surface area contributed by atoms with E-state index < -0.39 is 10.0 Å². The first-order chi connectivity index (χ1) is 13.3. The van der Waals surface area contributed by atoms with Crippen molar-refractivity contribution in [3.63, 3.8) is 0 Å². The first-order valence-electron chi connectivity index (χ1n) is 9.69. The number of benzene rings is 1. The Morgan fingerprint density at radius 3 is 2.54 bits per heavy atom. The highest BCUT2D eigenvalue weighted by Gasteiger charge is 2.31. The molecule has 1 N–H and O–H groups in total. The number of carbonyl (C=O) groups excluding carboxylic acids is 1. The van der Waals surface area contributed by atoms with Crippen molar-refractivity contribution in [3.8, 4) is 0 Å². The summed E-state index contributed by atoms with van der Waals surface area (Å²) in [5.41, 5.74) is 2.91. The third kappa shape index (κ3) is 4.44. The summed E-state index contributed by atoms with van der Waals surface area (Å²) in [6.07, 6.45) is 3.08. The van der Waals surface area contributed by atoms with Crippen molar-refractivity contribution in [2.24, 2.45) is 0 Å². The van der Waals surface area contributed by atoms with Crippen LogP contribution >= 0.6 is 0 Å². The molecule has 0 radical (unpaired) electrons. The van der Waals surface area contributed by atoms with Crippen LogP contribution in [0.3, 0.4) is 0 Å². The summed E-state index contributed by atoms with van der Waals surface area (Å²) in [4.78, 5) is 12.6. The lowest BCUT2D eigenvalue weighted by atomic mass is 10.2. The molecule has 3 rings (SSSR count). The van der Waals surface area contributed by atoms with E-state index in [9.17, 15) is 13.2 Å². The van der Waals surface area contributed by atoms with Crippen LogP contribution in [-0.2, 0) is 21.4 Å². The first-order valence-corrected chi connectivity index (χ1v) is 11.1. The number of aromatic nitrogens is 2. The van der Waals surface area contributed by atoms with Gasteiger partial charge in [-0.3, -0.25) is 9.48 Å². The molecule has 0 atom stereocenters. The molecule has 2 heterocycles. The van der Waals surface area contributed by atoms with Crippen molar-refractivity contribution in [1.82, 2.24) is 14.1 Å². The number of piperidine rings is 1. The molecule has 1 amide bonds. The topological polar surface area (TPSA) is 84.3 Å². The molecule has 7 nitrogen and oxygen atoms in total. The van der Waals surface area contributed by atoms with E-state index in [1.165, 1.54) is 0 Å². The zero-order chi connectivity index (χ0) is 20.3. The molecule has 1 saturated heterocycles. The fraction of sp³-hybridized carbons (Fsp3) is 0.500. The Kier molecular flexibility index (Phi) is 6.20. The third-order valence-electron chi connectivity index (χ3n) is 5.08. The average Bonchev–Trinajstić information content (AvgIpc) is 2.95. The van der Waals surface area contributed by atoms with Gasteiger partial charge in [0.15, 0.2) is 0 Å². The molecule has 0 saturated carbocycles. The summed E-state index contributed by atoms with van der Waals surface area (Å²) in [5, 5.41) is 7.26. The van der Waals surface area contributed by atoms with Crippen LogP contribution in [0.1, 0.15) is 42.6 Å². The highest BCUT2D eigenvalue weighted by atomic mass is 32.2. The summed E-state index contributed by atoms with van der Waals surface area (Å²) in [6, 6.07) is 7.61. The highest BCUT2D eigenvalue weighted by molar-refractivity contribution is 7.89. The zero-order valence-corrected chi connectivity index (χ0v) is 17.6. The van der Waals surface area contributed by atoms with Crippen molar-refractivity contribution in [2.75, 3.05) is 18.4 Å². The molecule has 1 aliphatic rings. The van der Waals surface area contributed by atoms with E-state index in [1.54, 1.807) is 22.8 Å². The highest BCUT2D eigenvalue weighted by Crippen LogP contribution is 2.26. The van der Waals surface area contributed by atoms with Crippen molar-refractivity contribution in [1.29, 1.82) is 0 Å². The molecular weight excluding hydrogens is 376 g/mol. The molecular formula is C20H28N4O3S. The van der Waals surface area contributed by atoms with Crippen molar-refractivity contribution < 1.29 is 13.2 Å². The third-order valence-corrected chi connectivity index (χ3v) is 7.23. The van der Waals surface area contributed by atoms with Gasteiger partial charge in [0.05, 0.1) is 17.9 Å². The van der Waals surface area contributed by atoms with Gasteiger partial charge in [0, 0.05) is 25.2 Å². The van der Waals surface area contributed by atoms with Gasteiger partial charge < -0.3 is 5.32 Å². The number of hydrogen-bond acceptors (Lipinski definition) is 4. The van der Waals surface area contributed by atoms with Crippen molar-refractivity contribution >= 4 is 21.6 Å². The molecule has 0 bridgehead atoms. The van der Waals surface area contributed by atoms with Gasteiger partial charge in [-0.1, -0.05) is 18.6 Å². The number of aryl methyl sites for hydroxylation is 3. The van der Waals surface area contributed by atoms with Gasteiger partial charge in [0.25, 0.3) is 0 Å². The summed E-state index contributed by atoms with van der Waals surface area (Å²) < 4.78 is 29.3. The van der Waals surface area contributed by atoms with Crippen molar-refractivity contribution in [2.45, 2.75) is 57.9 Å². The van der Waals surface area contributed by atoms with E-state index in [-0.39, 0.29) is 17.2 Å². The number of rotatable bonds is 6. The number of nitrogens with one attached hydrogen (secondary N) is 1. The SMILES string of the molecule is Cc1cccc(NC(=O)CCn2nc(C)c(S(=O)(=O)N3CCCCC3)c2C)c1. The lowest BCUT2D eigenvalue weighted by Crippen LogP contribution is -2.36. The van der Waals surface area contributed by atoms with Crippen LogP contribution in [0, 0.1) is 20.8 Å². The summed E-state index contributed by atoms with van der Waals surface area (Å²) in [6.45, 7) is 6.90. The number of anilines is 1. The van der Waals surface area contributed by atoms with Gasteiger partial charge >= 0.3 is 0 Å². The lowest BCUT2D eigenvalue weighted by Gasteiger charge is -2.26. The van der Waals surface area contributed by atoms with E-state index >= 15 is 0 Å². The first kappa shape index (κ1) is 20.5. The molecule has 8 heteroatoms. The molecule has 1 fully saturated rings. The number of amides is 1. The number of hydrogen-bond donors (Lipinski definition) is 1. The molecule has 1 aromatic carbocycles. The monoisotopic (exact) mass is 404 g/mol. The van der Waals surface area contributed by atoms with Gasteiger partial charge in [-0.15, -0.1) is 0 Å². The maximum Gasteiger partial charge on any atom is 0.246 e. The van der Waals surface area contributed by atoms with Gasteiger partial charge in [0.2, 0.25) is 15.9 Å². The summed E-state index contributed by atoms with van der Waals surface area (Å²) in [7, 11) is -3.54. The smallest absolute Gasteiger partial charge is 0.246 e. The maximum absolute atomic E-state index is 13.0. The van der Waals surface area contributed by atoms with E-state index in [0.29, 0.717) is 31.0 Å².